The maximum Gasteiger partial charge on any atom is 0.529 e. The van der Waals surface area contributed by atoms with E-state index >= 15 is 0 Å². The molecule has 0 aliphatic carbocycles. The zero-order chi connectivity index (χ0) is 17.3. The van der Waals surface area contributed by atoms with Gasteiger partial charge in [-0.15, -0.1) is 35.7 Å². The maximum atomic E-state index is 12.3. The van der Waals surface area contributed by atoms with Gasteiger partial charge in [-0.05, 0) is 4.53 Å². The molecule has 0 aromatic carbocycles. The van der Waals surface area contributed by atoms with Crippen LogP contribution in [0.5, 0.6) is 0 Å². The Balaban J connectivity index is 5.00. The number of hydrogen-bond acceptors (Lipinski definition) is 4. The summed E-state index contributed by atoms with van der Waals surface area (Å²) in [6.07, 6.45) is -32.0. The summed E-state index contributed by atoms with van der Waals surface area (Å²) >= 11 is 0. The van der Waals surface area contributed by atoms with Crippen molar-refractivity contribution in [3.63, 3.8) is 0 Å². The van der Waals surface area contributed by atoms with Crippen LogP contribution in [-0.2, 0) is 19.2 Å². The minimum absolute atomic E-state index is 1.26. The lowest BCUT2D eigenvalue weighted by atomic mass is 10.6. The molecule has 0 amide bonds. The van der Waals surface area contributed by atoms with Gasteiger partial charge >= 0.3 is 31.2 Å². The van der Waals surface area contributed by atoms with Gasteiger partial charge in [0.05, 0.1) is 0 Å². The molecular formula is C5F12O4. The Morgan fingerprint density at radius 1 is 0.476 bits per heavy atom. The average Bonchev–Trinajstić information content (AvgIpc) is 2.08. The molecular weight excluding hydrogens is 352 g/mol. The molecule has 21 heavy (non-hydrogen) atoms. The van der Waals surface area contributed by atoms with Crippen LogP contribution in [0.25, 0.3) is 0 Å². The Morgan fingerprint density at radius 2 is 0.857 bits per heavy atom. The average molecular weight is 352 g/mol. The van der Waals surface area contributed by atoms with E-state index in [1.54, 1.807) is 14.2 Å². The van der Waals surface area contributed by atoms with E-state index < -0.39 is 31.2 Å². The molecule has 16 heteroatoms. The van der Waals surface area contributed by atoms with Crippen LogP contribution in [0.4, 0.5) is 52.8 Å². The van der Waals surface area contributed by atoms with Gasteiger partial charge in [0, 0.05) is 0 Å². The van der Waals surface area contributed by atoms with Gasteiger partial charge in [-0.3, -0.25) is 0 Å². The Hall–Kier alpha value is -1.00. The normalized spacial score (nSPS) is 15.4. The number of hydrogen-bond donors (Lipinski definition) is 0. The fourth-order valence-corrected chi connectivity index (χ4v) is 0.568. The molecule has 0 N–H and O–H groups in total. The van der Waals surface area contributed by atoms with Crippen LogP contribution in [0.2, 0.25) is 0 Å². The summed E-state index contributed by atoms with van der Waals surface area (Å²) in [6, 6.07) is 0. The predicted octanol–water partition coefficient (Wildman–Crippen LogP) is 3.74. The number of alkyl halides is 11. The van der Waals surface area contributed by atoms with Gasteiger partial charge < -0.3 is 0 Å². The van der Waals surface area contributed by atoms with Crippen LogP contribution in [0.15, 0.2) is 0 Å². The molecule has 0 saturated carbocycles. The number of halogens is 12. The standard InChI is InChI=1S/C5F12O4/c6-1(7,2(8,9)21-17)18-4(13,14)20-5(15,16)19-3(10,11)12. The summed E-state index contributed by atoms with van der Waals surface area (Å²) in [7, 11) is 0. The molecule has 0 spiro atoms. The second-order valence-electron chi connectivity index (χ2n) is 2.79. The van der Waals surface area contributed by atoms with Gasteiger partial charge in [0.2, 0.25) is 0 Å². The van der Waals surface area contributed by atoms with Gasteiger partial charge in [-0.2, -0.15) is 22.3 Å². The van der Waals surface area contributed by atoms with E-state index in [4.69, 9.17) is 0 Å². The van der Waals surface area contributed by atoms with Gasteiger partial charge in [0.25, 0.3) is 0 Å². The van der Waals surface area contributed by atoms with E-state index in [0.29, 0.717) is 0 Å². The van der Waals surface area contributed by atoms with Crippen LogP contribution < -0.4 is 0 Å². The van der Waals surface area contributed by atoms with Crippen molar-refractivity contribution in [2.45, 2.75) is 31.2 Å². The number of rotatable bonds is 7. The molecule has 0 heterocycles. The van der Waals surface area contributed by atoms with E-state index in [-0.39, 0.29) is 0 Å². The SMILES string of the molecule is FOC(F)(F)C(F)(F)OC(F)(F)OC(F)(F)OC(F)(F)F. The monoisotopic (exact) mass is 352 g/mol. The first-order chi connectivity index (χ1) is 8.93. The van der Waals surface area contributed by atoms with Gasteiger partial charge in [0.1, 0.15) is 0 Å². The number of ether oxygens (including phenoxy) is 3. The van der Waals surface area contributed by atoms with Crippen molar-refractivity contribution in [3.8, 4) is 0 Å². The highest BCUT2D eigenvalue weighted by Crippen LogP contribution is 2.43. The van der Waals surface area contributed by atoms with Gasteiger partial charge in [-0.25, -0.2) is 9.47 Å². The molecule has 128 valence electrons. The van der Waals surface area contributed by atoms with E-state index in [9.17, 15) is 52.8 Å². The highest BCUT2D eigenvalue weighted by molar-refractivity contribution is 4.65. The van der Waals surface area contributed by atoms with E-state index in [1.165, 1.54) is 4.94 Å². The lowest BCUT2D eigenvalue weighted by Gasteiger charge is -2.27. The Bertz CT molecular complexity index is 350. The van der Waals surface area contributed by atoms with Crippen LogP contribution in [0, 0.1) is 0 Å². The maximum absolute atomic E-state index is 12.3. The molecule has 0 aromatic rings. The van der Waals surface area contributed by atoms with E-state index in [1.807, 2.05) is 0 Å². The molecule has 0 atom stereocenters. The first-order valence-corrected chi connectivity index (χ1v) is 3.91. The predicted molar refractivity (Wildman–Crippen MR) is 31.3 cm³/mol. The van der Waals surface area contributed by atoms with Crippen molar-refractivity contribution >= 4 is 0 Å². The van der Waals surface area contributed by atoms with Gasteiger partial charge in [-0.1, -0.05) is 0 Å². The van der Waals surface area contributed by atoms with E-state index in [0.717, 1.165) is 0 Å². The van der Waals surface area contributed by atoms with Crippen molar-refractivity contribution in [1.82, 2.24) is 0 Å². The quantitative estimate of drug-likeness (QED) is 0.517. The summed E-state index contributed by atoms with van der Waals surface area (Å²) in [5, 5.41) is 0. The largest absolute Gasteiger partial charge is 0.529 e. The molecule has 0 aliphatic rings. The summed E-state index contributed by atoms with van der Waals surface area (Å²) in [6.45, 7) is 0. The molecule has 0 unspecified atom stereocenters. The zero-order valence-corrected chi connectivity index (χ0v) is 8.67. The minimum atomic E-state index is -6.60. The van der Waals surface area contributed by atoms with Crippen molar-refractivity contribution in [2.75, 3.05) is 0 Å². The zero-order valence-electron chi connectivity index (χ0n) is 8.67. The van der Waals surface area contributed by atoms with Gasteiger partial charge in [0.15, 0.2) is 0 Å². The summed E-state index contributed by atoms with van der Waals surface area (Å²) in [5.41, 5.74) is 0. The van der Waals surface area contributed by atoms with Crippen LogP contribution in [-0.4, -0.2) is 31.2 Å². The Kier molecular flexibility index (Phi) is 5.38. The summed E-state index contributed by atoms with van der Waals surface area (Å²) in [5.74, 6) is 0. The van der Waals surface area contributed by atoms with Crippen molar-refractivity contribution in [1.29, 1.82) is 0 Å². The Labute approximate surface area is 105 Å². The third kappa shape index (κ3) is 6.53. The summed E-state index contributed by atoms with van der Waals surface area (Å²) in [4.78, 5) is 1.26. The molecule has 4 nitrogen and oxygen atoms in total. The second-order valence-corrected chi connectivity index (χ2v) is 2.79. The first kappa shape index (κ1) is 20.0. The summed E-state index contributed by atoms with van der Waals surface area (Å²) < 4.78 is 147. The molecule has 0 aliphatic heterocycles. The van der Waals surface area contributed by atoms with Crippen LogP contribution in [0.1, 0.15) is 0 Å². The highest BCUT2D eigenvalue weighted by atomic mass is 19.4. The smallest absolute Gasteiger partial charge is 0.222 e. The second kappa shape index (κ2) is 5.65. The molecule has 0 radical (unpaired) electrons. The Morgan fingerprint density at radius 3 is 1.19 bits per heavy atom. The first-order valence-electron chi connectivity index (χ1n) is 3.91. The topological polar surface area (TPSA) is 36.9 Å². The molecule has 0 rings (SSSR count). The van der Waals surface area contributed by atoms with Crippen LogP contribution in [0.3, 0.4) is 0 Å². The third-order valence-corrected chi connectivity index (χ3v) is 1.15. The molecule has 0 saturated heterocycles. The lowest BCUT2D eigenvalue weighted by molar-refractivity contribution is -0.604. The lowest BCUT2D eigenvalue weighted by Crippen LogP contribution is -2.50. The fraction of sp³-hybridized carbons (Fsp3) is 1.00. The fourth-order valence-electron chi connectivity index (χ4n) is 0.568. The molecule has 0 aromatic heterocycles. The molecule has 0 bridgehead atoms. The van der Waals surface area contributed by atoms with Crippen LogP contribution >= 0.6 is 0 Å². The highest BCUT2D eigenvalue weighted by Gasteiger charge is 2.68. The third-order valence-electron chi connectivity index (χ3n) is 1.15. The van der Waals surface area contributed by atoms with Crippen molar-refractivity contribution in [3.05, 3.63) is 0 Å². The minimum Gasteiger partial charge on any atom is -0.222 e. The van der Waals surface area contributed by atoms with E-state index in [2.05, 4.69) is 0 Å². The van der Waals surface area contributed by atoms with Crippen molar-refractivity contribution < 1.29 is 72.0 Å². The molecule has 0 fully saturated rings. The van der Waals surface area contributed by atoms with Crippen molar-refractivity contribution in [2.24, 2.45) is 0 Å².